The van der Waals surface area contributed by atoms with Crippen molar-refractivity contribution in [2.45, 2.75) is 0 Å². The number of carbonyl (C=O) groups is 1. The van der Waals surface area contributed by atoms with Crippen molar-refractivity contribution in [1.29, 1.82) is 0 Å². The Balaban J connectivity index is 2.02. The lowest BCUT2D eigenvalue weighted by molar-refractivity contribution is 0.102. The summed E-state index contributed by atoms with van der Waals surface area (Å²) in [4.78, 5) is 16.2. The normalized spacial score (nSPS) is 9.85. The summed E-state index contributed by atoms with van der Waals surface area (Å²) in [6.07, 6.45) is 3.34. The van der Waals surface area contributed by atoms with E-state index in [0.717, 1.165) is 5.82 Å². The number of anilines is 2. The second kappa shape index (κ2) is 6.73. The number of hydrogen-bond acceptors (Lipinski definition) is 3. The van der Waals surface area contributed by atoms with Crippen LogP contribution in [-0.2, 0) is 0 Å². The fourth-order valence-electron chi connectivity index (χ4n) is 1.58. The van der Waals surface area contributed by atoms with E-state index in [0.29, 0.717) is 22.8 Å². The van der Waals surface area contributed by atoms with Gasteiger partial charge in [0.05, 0.1) is 11.9 Å². The molecule has 1 heterocycles. The smallest absolute Gasteiger partial charge is 0.255 e. The number of rotatable bonds is 5. The summed E-state index contributed by atoms with van der Waals surface area (Å²) < 4.78 is 0. The van der Waals surface area contributed by atoms with Crippen molar-refractivity contribution in [3.63, 3.8) is 0 Å². The van der Waals surface area contributed by atoms with Crippen LogP contribution in [0.25, 0.3) is 0 Å². The largest absolute Gasteiger partial charge is 0.367 e. The third kappa shape index (κ3) is 3.83. The topological polar surface area (TPSA) is 54.0 Å². The van der Waals surface area contributed by atoms with Gasteiger partial charge in [0.1, 0.15) is 5.82 Å². The maximum absolute atomic E-state index is 12.0. The van der Waals surface area contributed by atoms with Crippen LogP contribution in [0.3, 0.4) is 0 Å². The summed E-state index contributed by atoms with van der Waals surface area (Å²) in [6.45, 7) is 4.26. The number of nitrogens with one attached hydrogen (secondary N) is 2. The highest BCUT2D eigenvalue weighted by atomic mass is 35.5. The van der Waals surface area contributed by atoms with Gasteiger partial charge in [-0.15, -0.1) is 6.58 Å². The van der Waals surface area contributed by atoms with Crippen molar-refractivity contribution in [3.8, 4) is 0 Å². The first-order valence-electron chi connectivity index (χ1n) is 6.07. The van der Waals surface area contributed by atoms with Crippen molar-refractivity contribution in [1.82, 2.24) is 4.98 Å². The van der Waals surface area contributed by atoms with E-state index < -0.39 is 0 Å². The van der Waals surface area contributed by atoms with Crippen molar-refractivity contribution in [2.24, 2.45) is 0 Å². The molecule has 1 aromatic carbocycles. The van der Waals surface area contributed by atoms with Crippen LogP contribution >= 0.6 is 11.6 Å². The molecule has 2 N–H and O–H groups in total. The number of nitrogens with zero attached hydrogens (tertiary/aromatic N) is 1. The molecule has 0 unspecified atom stereocenters. The van der Waals surface area contributed by atoms with Crippen LogP contribution in [-0.4, -0.2) is 17.4 Å². The SMILES string of the molecule is C=CCNc1ccc(NC(=O)c2cccc(Cl)c2)cn1. The van der Waals surface area contributed by atoms with Gasteiger partial charge < -0.3 is 10.6 Å². The first-order chi connectivity index (χ1) is 9.69. The number of hydrogen-bond donors (Lipinski definition) is 2. The first-order valence-corrected chi connectivity index (χ1v) is 6.44. The van der Waals surface area contributed by atoms with E-state index >= 15 is 0 Å². The fraction of sp³-hybridized carbons (Fsp3) is 0.0667. The molecule has 0 aliphatic heterocycles. The minimum Gasteiger partial charge on any atom is -0.367 e. The summed E-state index contributed by atoms with van der Waals surface area (Å²) in [6, 6.07) is 10.3. The van der Waals surface area contributed by atoms with Crippen molar-refractivity contribution >= 4 is 29.0 Å². The van der Waals surface area contributed by atoms with Crippen LogP contribution in [0.1, 0.15) is 10.4 Å². The number of amides is 1. The predicted octanol–water partition coefficient (Wildman–Crippen LogP) is 3.59. The van der Waals surface area contributed by atoms with Crippen LogP contribution < -0.4 is 10.6 Å². The number of benzene rings is 1. The minimum absolute atomic E-state index is 0.221. The molecule has 5 heteroatoms. The van der Waals surface area contributed by atoms with Gasteiger partial charge in [0, 0.05) is 17.1 Å². The lowest BCUT2D eigenvalue weighted by Crippen LogP contribution is -2.12. The zero-order valence-corrected chi connectivity index (χ0v) is 11.5. The van der Waals surface area contributed by atoms with Gasteiger partial charge in [0.15, 0.2) is 0 Å². The van der Waals surface area contributed by atoms with Crippen molar-refractivity contribution in [3.05, 3.63) is 65.8 Å². The highest BCUT2D eigenvalue weighted by Gasteiger charge is 2.06. The van der Waals surface area contributed by atoms with Gasteiger partial charge in [0.2, 0.25) is 0 Å². The van der Waals surface area contributed by atoms with E-state index in [4.69, 9.17) is 11.6 Å². The molecule has 0 saturated heterocycles. The highest BCUT2D eigenvalue weighted by molar-refractivity contribution is 6.31. The number of aromatic nitrogens is 1. The third-order valence-corrected chi connectivity index (χ3v) is 2.77. The van der Waals surface area contributed by atoms with Crippen molar-refractivity contribution in [2.75, 3.05) is 17.2 Å². The molecule has 0 spiro atoms. The molecule has 102 valence electrons. The molecule has 2 rings (SSSR count). The minimum atomic E-state index is -0.221. The zero-order valence-electron chi connectivity index (χ0n) is 10.8. The average Bonchev–Trinajstić information content (AvgIpc) is 2.46. The third-order valence-electron chi connectivity index (χ3n) is 2.54. The van der Waals surface area contributed by atoms with E-state index in [2.05, 4.69) is 22.2 Å². The molecule has 0 atom stereocenters. The molecule has 0 fully saturated rings. The van der Waals surface area contributed by atoms with E-state index in [9.17, 15) is 4.79 Å². The summed E-state index contributed by atoms with van der Waals surface area (Å²) in [5, 5.41) is 6.34. The van der Waals surface area contributed by atoms with Crippen LogP contribution in [0.2, 0.25) is 5.02 Å². The van der Waals surface area contributed by atoms with E-state index in [1.807, 2.05) is 0 Å². The van der Waals surface area contributed by atoms with Crippen LogP contribution in [0.4, 0.5) is 11.5 Å². The summed E-state index contributed by atoms with van der Waals surface area (Å²) in [5.41, 5.74) is 1.13. The molecule has 0 aliphatic carbocycles. The van der Waals surface area contributed by atoms with Crippen LogP contribution in [0, 0.1) is 0 Å². The van der Waals surface area contributed by atoms with Gasteiger partial charge in [-0.2, -0.15) is 0 Å². The molecule has 2 aromatic rings. The molecular formula is C15H14ClN3O. The van der Waals surface area contributed by atoms with E-state index in [-0.39, 0.29) is 5.91 Å². The van der Waals surface area contributed by atoms with Crippen LogP contribution in [0.15, 0.2) is 55.3 Å². The molecule has 0 saturated carbocycles. The van der Waals surface area contributed by atoms with Crippen molar-refractivity contribution < 1.29 is 4.79 Å². The van der Waals surface area contributed by atoms with E-state index in [1.165, 1.54) is 0 Å². The summed E-state index contributed by atoms with van der Waals surface area (Å²) >= 11 is 5.85. The number of halogens is 1. The Morgan fingerprint density at radius 3 is 2.85 bits per heavy atom. The number of pyridine rings is 1. The molecule has 1 amide bonds. The lowest BCUT2D eigenvalue weighted by atomic mass is 10.2. The Morgan fingerprint density at radius 2 is 2.20 bits per heavy atom. The first kappa shape index (κ1) is 14.1. The molecule has 4 nitrogen and oxygen atoms in total. The van der Waals surface area contributed by atoms with Crippen LogP contribution in [0.5, 0.6) is 0 Å². The molecular weight excluding hydrogens is 274 g/mol. The Bertz CT molecular complexity index is 611. The van der Waals surface area contributed by atoms with Gasteiger partial charge in [0.25, 0.3) is 5.91 Å². The Labute approximate surface area is 122 Å². The maximum Gasteiger partial charge on any atom is 0.255 e. The predicted molar refractivity (Wildman–Crippen MR) is 82.3 cm³/mol. The Morgan fingerprint density at radius 1 is 1.35 bits per heavy atom. The lowest BCUT2D eigenvalue weighted by Gasteiger charge is -2.07. The highest BCUT2D eigenvalue weighted by Crippen LogP contribution is 2.14. The Hall–Kier alpha value is -2.33. The Kier molecular flexibility index (Phi) is 4.74. The van der Waals surface area contributed by atoms with Gasteiger partial charge in [-0.3, -0.25) is 4.79 Å². The summed E-state index contributed by atoms with van der Waals surface area (Å²) in [5.74, 6) is 0.506. The second-order valence-electron chi connectivity index (χ2n) is 4.07. The summed E-state index contributed by atoms with van der Waals surface area (Å²) in [7, 11) is 0. The fourth-order valence-corrected chi connectivity index (χ4v) is 1.77. The molecule has 0 bridgehead atoms. The molecule has 20 heavy (non-hydrogen) atoms. The van der Waals surface area contributed by atoms with E-state index in [1.54, 1.807) is 48.7 Å². The average molecular weight is 288 g/mol. The number of carbonyl (C=O) groups excluding carboxylic acids is 1. The quantitative estimate of drug-likeness (QED) is 0.826. The maximum atomic E-state index is 12.0. The zero-order chi connectivity index (χ0) is 14.4. The molecule has 0 aliphatic rings. The molecule has 1 aromatic heterocycles. The standard InChI is InChI=1S/C15H14ClN3O/c1-2-8-17-14-7-6-13(10-18-14)19-15(20)11-4-3-5-12(16)9-11/h2-7,9-10H,1,8H2,(H,17,18)(H,19,20). The molecule has 0 radical (unpaired) electrons. The van der Waals surface area contributed by atoms with Gasteiger partial charge in [-0.1, -0.05) is 23.7 Å². The monoisotopic (exact) mass is 287 g/mol. The van der Waals surface area contributed by atoms with Gasteiger partial charge >= 0.3 is 0 Å². The van der Waals surface area contributed by atoms with Gasteiger partial charge in [-0.05, 0) is 30.3 Å². The van der Waals surface area contributed by atoms with Gasteiger partial charge in [-0.25, -0.2) is 4.98 Å². The second-order valence-corrected chi connectivity index (χ2v) is 4.50.